The molecule has 116 valence electrons. The van der Waals surface area contributed by atoms with Crippen LogP contribution in [0, 0.1) is 6.92 Å². The molecule has 3 rings (SSSR count). The lowest BCUT2D eigenvalue weighted by Gasteiger charge is -2.14. The van der Waals surface area contributed by atoms with E-state index in [0.29, 0.717) is 12.3 Å². The topological polar surface area (TPSA) is 33.2 Å². The molecule has 5 heteroatoms. The van der Waals surface area contributed by atoms with Gasteiger partial charge in [-0.1, -0.05) is 41.6 Å². The van der Waals surface area contributed by atoms with Crippen molar-refractivity contribution in [3.8, 4) is 11.3 Å². The lowest BCUT2D eigenvalue weighted by Crippen LogP contribution is -2.27. The molecular formula is C17H20N2OS2. The summed E-state index contributed by atoms with van der Waals surface area (Å²) in [4.78, 5) is 18.6. The Morgan fingerprint density at radius 1 is 1.27 bits per heavy atom. The van der Waals surface area contributed by atoms with Gasteiger partial charge in [-0.05, 0) is 19.8 Å². The van der Waals surface area contributed by atoms with Crippen molar-refractivity contribution in [2.24, 2.45) is 0 Å². The Hall–Kier alpha value is -1.33. The van der Waals surface area contributed by atoms with Crippen molar-refractivity contribution in [3.05, 3.63) is 35.2 Å². The lowest BCUT2D eigenvalue weighted by atomic mass is 10.1. The van der Waals surface area contributed by atoms with Crippen molar-refractivity contribution >= 4 is 29.0 Å². The van der Waals surface area contributed by atoms with E-state index in [-0.39, 0.29) is 0 Å². The number of thioether (sulfide) groups is 1. The first-order valence-corrected chi connectivity index (χ1v) is 9.52. The average molecular weight is 332 g/mol. The number of rotatable bonds is 5. The number of carbonyl (C=O) groups excluding carboxylic acids is 1. The summed E-state index contributed by atoms with van der Waals surface area (Å²) in [5.41, 5.74) is 3.44. The minimum absolute atomic E-state index is 0.292. The van der Waals surface area contributed by atoms with Crippen molar-refractivity contribution in [2.45, 2.75) is 30.5 Å². The van der Waals surface area contributed by atoms with Crippen molar-refractivity contribution in [1.29, 1.82) is 0 Å². The largest absolute Gasteiger partial charge is 0.343 e. The molecule has 1 aromatic heterocycles. The Kier molecular flexibility index (Phi) is 5.16. The summed E-state index contributed by atoms with van der Waals surface area (Å²) in [7, 11) is 0. The third-order valence-corrected chi connectivity index (χ3v) is 5.85. The molecule has 1 fully saturated rings. The minimum Gasteiger partial charge on any atom is -0.343 e. The third kappa shape index (κ3) is 3.90. The minimum atomic E-state index is 0.292. The zero-order valence-electron chi connectivity index (χ0n) is 12.7. The number of hydrogen-bond acceptors (Lipinski definition) is 4. The van der Waals surface area contributed by atoms with E-state index < -0.39 is 0 Å². The van der Waals surface area contributed by atoms with Crippen molar-refractivity contribution in [1.82, 2.24) is 9.88 Å². The molecule has 0 unspecified atom stereocenters. The third-order valence-electron chi connectivity index (χ3n) is 3.83. The highest BCUT2D eigenvalue weighted by Crippen LogP contribution is 2.29. The number of likely N-dealkylation sites (tertiary alicyclic amines) is 1. The maximum atomic E-state index is 12.0. The van der Waals surface area contributed by atoms with Gasteiger partial charge in [-0.3, -0.25) is 4.79 Å². The number of hydrogen-bond donors (Lipinski definition) is 0. The molecule has 1 aliphatic heterocycles. The van der Waals surface area contributed by atoms with Gasteiger partial charge in [0.05, 0.1) is 5.69 Å². The summed E-state index contributed by atoms with van der Waals surface area (Å²) in [6.45, 7) is 3.97. The van der Waals surface area contributed by atoms with Gasteiger partial charge in [-0.2, -0.15) is 0 Å². The number of benzene rings is 1. The van der Waals surface area contributed by atoms with Crippen LogP contribution in [0.5, 0.6) is 0 Å². The van der Waals surface area contributed by atoms with Crippen molar-refractivity contribution < 1.29 is 4.79 Å². The fourth-order valence-corrected chi connectivity index (χ4v) is 4.36. The molecule has 1 saturated heterocycles. The molecule has 2 aromatic rings. The molecule has 0 spiro atoms. The average Bonchev–Trinajstić information content (AvgIpc) is 3.19. The second kappa shape index (κ2) is 7.29. The van der Waals surface area contributed by atoms with Crippen LogP contribution in [0.4, 0.5) is 0 Å². The van der Waals surface area contributed by atoms with E-state index >= 15 is 0 Å². The van der Waals surface area contributed by atoms with Gasteiger partial charge in [-0.25, -0.2) is 4.98 Å². The van der Waals surface area contributed by atoms with E-state index in [0.717, 1.165) is 47.3 Å². The van der Waals surface area contributed by atoms with E-state index in [1.807, 2.05) is 4.90 Å². The monoisotopic (exact) mass is 332 g/mol. The van der Waals surface area contributed by atoms with E-state index in [2.05, 4.69) is 41.6 Å². The van der Waals surface area contributed by atoms with Gasteiger partial charge >= 0.3 is 0 Å². The Balaban J connectivity index is 1.51. The van der Waals surface area contributed by atoms with Gasteiger partial charge in [0.25, 0.3) is 0 Å². The summed E-state index contributed by atoms with van der Waals surface area (Å²) < 4.78 is 1.05. The molecule has 22 heavy (non-hydrogen) atoms. The molecule has 1 amide bonds. The molecule has 0 saturated carbocycles. The van der Waals surface area contributed by atoms with Crippen molar-refractivity contribution in [2.75, 3.05) is 18.8 Å². The lowest BCUT2D eigenvalue weighted by molar-refractivity contribution is -0.129. The summed E-state index contributed by atoms with van der Waals surface area (Å²) in [5.74, 6) is 1.11. The quantitative estimate of drug-likeness (QED) is 0.769. The van der Waals surface area contributed by atoms with Crippen LogP contribution in [-0.2, 0) is 4.79 Å². The van der Waals surface area contributed by atoms with E-state index in [1.54, 1.807) is 23.1 Å². The molecule has 0 bridgehead atoms. The van der Waals surface area contributed by atoms with E-state index in [1.165, 1.54) is 5.56 Å². The normalized spacial score (nSPS) is 14.5. The van der Waals surface area contributed by atoms with Crippen molar-refractivity contribution in [3.63, 3.8) is 0 Å². The molecular weight excluding hydrogens is 312 g/mol. The van der Waals surface area contributed by atoms with Crippen LogP contribution in [0.1, 0.15) is 24.8 Å². The SMILES string of the molecule is Cc1ccc(-c2csc(SCCC(=O)N3CCCC3)n2)cc1. The highest BCUT2D eigenvalue weighted by molar-refractivity contribution is 8.01. The number of aryl methyl sites for hydroxylation is 1. The number of thiazole rings is 1. The maximum Gasteiger partial charge on any atom is 0.223 e. The van der Waals surface area contributed by atoms with Crippen LogP contribution < -0.4 is 0 Å². The number of amides is 1. The summed E-state index contributed by atoms with van der Waals surface area (Å²) in [6.07, 6.45) is 2.93. The van der Waals surface area contributed by atoms with E-state index in [4.69, 9.17) is 0 Å². The smallest absolute Gasteiger partial charge is 0.223 e. The molecule has 1 aliphatic rings. The van der Waals surface area contributed by atoms with Gasteiger partial charge in [0, 0.05) is 36.2 Å². The standard InChI is InChI=1S/C17H20N2OS2/c1-13-4-6-14(7-5-13)15-12-22-17(18-15)21-11-8-16(20)19-9-2-3-10-19/h4-7,12H,2-3,8-11H2,1H3. The summed E-state index contributed by atoms with van der Waals surface area (Å²) >= 11 is 3.35. The number of aromatic nitrogens is 1. The first kappa shape index (κ1) is 15.6. The first-order chi connectivity index (χ1) is 10.7. The predicted octanol–water partition coefficient (Wildman–Crippen LogP) is 4.22. The Morgan fingerprint density at radius 2 is 2.00 bits per heavy atom. The summed E-state index contributed by atoms with van der Waals surface area (Å²) in [5, 5.41) is 2.09. The maximum absolute atomic E-state index is 12.0. The predicted molar refractivity (Wildman–Crippen MR) is 93.4 cm³/mol. The Bertz CT molecular complexity index is 630. The van der Waals surface area contributed by atoms with Gasteiger partial charge in [0.2, 0.25) is 5.91 Å². The second-order valence-electron chi connectivity index (χ2n) is 5.55. The zero-order chi connectivity index (χ0) is 15.4. The highest BCUT2D eigenvalue weighted by Gasteiger charge is 2.17. The van der Waals surface area contributed by atoms with Gasteiger partial charge in [0.15, 0.2) is 4.34 Å². The van der Waals surface area contributed by atoms with Crippen LogP contribution in [0.3, 0.4) is 0 Å². The molecule has 3 nitrogen and oxygen atoms in total. The van der Waals surface area contributed by atoms with Gasteiger partial charge < -0.3 is 4.90 Å². The van der Waals surface area contributed by atoms with Crippen LogP contribution in [-0.4, -0.2) is 34.6 Å². The van der Waals surface area contributed by atoms with Crippen LogP contribution in [0.15, 0.2) is 34.0 Å². The van der Waals surface area contributed by atoms with E-state index in [9.17, 15) is 4.79 Å². The number of carbonyl (C=O) groups is 1. The second-order valence-corrected chi connectivity index (χ2v) is 7.75. The van der Waals surface area contributed by atoms with Crippen LogP contribution >= 0.6 is 23.1 Å². The van der Waals surface area contributed by atoms with Crippen LogP contribution in [0.25, 0.3) is 11.3 Å². The molecule has 2 heterocycles. The molecule has 0 radical (unpaired) electrons. The molecule has 0 N–H and O–H groups in total. The van der Waals surface area contributed by atoms with Gasteiger partial charge in [-0.15, -0.1) is 11.3 Å². The Morgan fingerprint density at radius 3 is 2.73 bits per heavy atom. The van der Waals surface area contributed by atoms with Crippen LogP contribution in [0.2, 0.25) is 0 Å². The molecule has 0 atom stereocenters. The fourth-order valence-electron chi connectivity index (χ4n) is 2.53. The van der Waals surface area contributed by atoms with Gasteiger partial charge in [0.1, 0.15) is 0 Å². The highest BCUT2D eigenvalue weighted by atomic mass is 32.2. The summed E-state index contributed by atoms with van der Waals surface area (Å²) in [6, 6.07) is 8.43. The first-order valence-electron chi connectivity index (χ1n) is 7.65. The number of nitrogens with zero attached hydrogens (tertiary/aromatic N) is 2. The zero-order valence-corrected chi connectivity index (χ0v) is 14.4. The molecule has 0 aliphatic carbocycles. The Labute approximate surface area is 139 Å². The molecule has 1 aromatic carbocycles. The fraction of sp³-hybridized carbons (Fsp3) is 0.412.